The topological polar surface area (TPSA) is 32.3 Å². The Kier molecular flexibility index (Phi) is 3.91. The average molecular weight is 225 g/mol. The number of hydrogen-bond donors (Lipinski definition) is 2. The molecule has 94 valence electrons. The van der Waals surface area contributed by atoms with Gasteiger partial charge in [-0.1, -0.05) is 33.1 Å². The van der Waals surface area contributed by atoms with Gasteiger partial charge in [0.1, 0.15) is 0 Å². The summed E-state index contributed by atoms with van der Waals surface area (Å²) in [5.41, 5.74) is 0.496. The van der Waals surface area contributed by atoms with Gasteiger partial charge >= 0.3 is 0 Å². The molecule has 2 nitrogen and oxygen atoms in total. The van der Waals surface area contributed by atoms with E-state index in [2.05, 4.69) is 19.2 Å². The normalized spacial score (nSPS) is 39.6. The molecule has 0 radical (unpaired) electrons. The average Bonchev–Trinajstić information content (AvgIpc) is 2.20. The van der Waals surface area contributed by atoms with E-state index in [4.69, 9.17) is 0 Å². The molecular weight excluding hydrogens is 198 g/mol. The highest BCUT2D eigenvalue weighted by Crippen LogP contribution is 2.35. The zero-order valence-electron chi connectivity index (χ0n) is 10.8. The Labute approximate surface area is 99.8 Å². The summed E-state index contributed by atoms with van der Waals surface area (Å²) in [6, 6.07) is 1.01. The van der Waals surface area contributed by atoms with Gasteiger partial charge in [0.15, 0.2) is 0 Å². The highest BCUT2D eigenvalue weighted by atomic mass is 16.3. The molecule has 0 aromatic heterocycles. The van der Waals surface area contributed by atoms with Gasteiger partial charge in [0.2, 0.25) is 0 Å². The molecule has 0 heterocycles. The van der Waals surface area contributed by atoms with E-state index in [1.807, 2.05) is 0 Å². The van der Waals surface area contributed by atoms with Crippen LogP contribution in [0.4, 0.5) is 0 Å². The molecular formula is C14H27NO. The van der Waals surface area contributed by atoms with Gasteiger partial charge in [-0.15, -0.1) is 0 Å². The number of aliphatic hydroxyl groups excluding tert-OH is 1. The number of hydrogen-bond acceptors (Lipinski definition) is 2. The maximum Gasteiger partial charge on any atom is 0.0693 e. The third kappa shape index (κ3) is 3.21. The summed E-state index contributed by atoms with van der Waals surface area (Å²) in [5, 5.41) is 13.7. The number of aliphatic hydroxyl groups is 1. The third-order valence-electron chi connectivity index (χ3n) is 4.38. The summed E-state index contributed by atoms with van der Waals surface area (Å²) in [6.07, 6.45) is 9.82. The molecule has 16 heavy (non-hydrogen) atoms. The van der Waals surface area contributed by atoms with Crippen molar-refractivity contribution in [3.63, 3.8) is 0 Å². The van der Waals surface area contributed by atoms with Crippen molar-refractivity contribution in [2.24, 2.45) is 5.41 Å². The molecule has 0 amide bonds. The van der Waals surface area contributed by atoms with Crippen LogP contribution in [-0.2, 0) is 0 Å². The van der Waals surface area contributed by atoms with Gasteiger partial charge in [0, 0.05) is 12.1 Å². The smallest absolute Gasteiger partial charge is 0.0693 e. The zero-order chi connectivity index (χ0) is 11.6. The second kappa shape index (κ2) is 5.05. The van der Waals surface area contributed by atoms with E-state index in [1.54, 1.807) is 0 Å². The second-order valence-electron chi connectivity index (χ2n) is 6.58. The molecule has 2 N–H and O–H groups in total. The van der Waals surface area contributed by atoms with Crippen molar-refractivity contribution in [3.05, 3.63) is 0 Å². The molecule has 0 bridgehead atoms. The van der Waals surface area contributed by atoms with E-state index in [1.165, 1.54) is 38.5 Å². The van der Waals surface area contributed by atoms with Crippen LogP contribution in [-0.4, -0.2) is 23.3 Å². The first-order valence-corrected chi connectivity index (χ1v) is 7.01. The molecule has 2 heteroatoms. The summed E-state index contributed by atoms with van der Waals surface area (Å²) >= 11 is 0. The Morgan fingerprint density at radius 1 is 1.06 bits per heavy atom. The van der Waals surface area contributed by atoms with E-state index in [-0.39, 0.29) is 6.10 Å². The maximum atomic E-state index is 9.97. The van der Waals surface area contributed by atoms with Gasteiger partial charge in [0.25, 0.3) is 0 Å². The van der Waals surface area contributed by atoms with Crippen LogP contribution < -0.4 is 5.32 Å². The second-order valence-corrected chi connectivity index (χ2v) is 6.58. The number of nitrogens with one attached hydrogen (secondary N) is 1. The first kappa shape index (κ1) is 12.4. The van der Waals surface area contributed by atoms with Crippen molar-refractivity contribution in [2.45, 2.75) is 83.4 Å². The minimum Gasteiger partial charge on any atom is -0.392 e. The third-order valence-corrected chi connectivity index (χ3v) is 4.38. The molecule has 0 aliphatic heterocycles. The van der Waals surface area contributed by atoms with Crippen LogP contribution >= 0.6 is 0 Å². The molecule has 2 aliphatic rings. The van der Waals surface area contributed by atoms with Crippen molar-refractivity contribution in [3.8, 4) is 0 Å². The lowest BCUT2D eigenvalue weighted by molar-refractivity contribution is 0.0734. The van der Waals surface area contributed by atoms with E-state index in [0.717, 1.165) is 12.8 Å². The molecule has 2 fully saturated rings. The lowest BCUT2D eigenvalue weighted by atomic mass is 9.74. The Hall–Kier alpha value is -0.0800. The quantitative estimate of drug-likeness (QED) is 0.757. The van der Waals surface area contributed by atoms with Gasteiger partial charge in [-0.25, -0.2) is 0 Å². The standard InChI is InChI=1S/C14H27NO/c1-14(2)9-5-6-11(10-14)15-12-7-3-4-8-13(12)16/h11-13,15-16H,3-10H2,1-2H3. The van der Waals surface area contributed by atoms with Crippen LogP contribution in [0.15, 0.2) is 0 Å². The largest absolute Gasteiger partial charge is 0.392 e. The summed E-state index contributed by atoms with van der Waals surface area (Å²) in [6.45, 7) is 4.75. The minimum atomic E-state index is -0.0983. The Morgan fingerprint density at radius 2 is 1.81 bits per heavy atom. The fraction of sp³-hybridized carbons (Fsp3) is 1.00. The van der Waals surface area contributed by atoms with Crippen molar-refractivity contribution in [1.29, 1.82) is 0 Å². The number of rotatable bonds is 2. The van der Waals surface area contributed by atoms with Gasteiger partial charge < -0.3 is 10.4 Å². The fourth-order valence-electron chi connectivity index (χ4n) is 3.45. The summed E-state index contributed by atoms with van der Waals surface area (Å²) in [5.74, 6) is 0. The molecule has 0 aromatic rings. The van der Waals surface area contributed by atoms with Crippen LogP contribution in [0.1, 0.15) is 65.2 Å². The predicted molar refractivity (Wildman–Crippen MR) is 67.4 cm³/mol. The van der Waals surface area contributed by atoms with Gasteiger partial charge in [-0.2, -0.15) is 0 Å². The summed E-state index contributed by atoms with van der Waals surface area (Å²) < 4.78 is 0. The van der Waals surface area contributed by atoms with E-state index >= 15 is 0 Å². The first-order valence-electron chi connectivity index (χ1n) is 7.01. The van der Waals surface area contributed by atoms with Crippen molar-refractivity contribution < 1.29 is 5.11 Å². The fourth-order valence-corrected chi connectivity index (χ4v) is 3.45. The molecule has 2 saturated carbocycles. The Morgan fingerprint density at radius 3 is 2.50 bits per heavy atom. The van der Waals surface area contributed by atoms with E-state index in [0.29, 0.717) is 17.5 Å². The van der Waals surface area contributed by atoms with Crippen LogP contribution in [0.25, 0.3) is 0 Å². The molecule has 2 aliphatic carbocycles. The maximum absolute atomic E-state index is 9.97. The SMILES string of the molecule is CC1(C)CCCC(NC2CCCCC2O)C1. The van der Waals surface area contributed by atoms with Crippen molar-refractivity contribution in [1.82, 2.24) is 5.32 Å². The predicted octanol–water partition coefficient (Wildman–Crippen LogP) is 2.85. The van der Waals surface area contributed by atoms with Crippen molar-refractivity contribution >= 4 is 0 Å². The lowest BCUT2D eigenvalue weighted by Crippen LogP contribution is -2.49. The molecule has 0 aromatic carbocycles. The zero-order valence-corrected chi connectivity index (χ0v) is 10.8. The molecule has 3 unspecified atom stereocenters. The summed E-state index contributed by atoms with van der Waals surface area (Å²) in [4.78, 5) is 0. The van der Waals surface area contributed by atoms with Gasteiger partial charge in [-0.3, -0.25) is 0 Å². The monoisotopic (exact) mass is 225 g/mol. The van der Waals surface area contributed by atoms with Crippen LogP contribution in [0.3, 0.4) is 0 Å². The Balaban J connectivity index is 1.84. The van der Waals surface area contributed by atoms with Gasteiger partial charge in [0.05, 0.1) is 6.10 Å². The highest BCUT2D eigenvalue weighted by molar-refractivity contribution is 4.88. The lowest BCUT2D eigenvalue weighted by Gasteiger charge is -2.39. The first-order chi connectivity index (χ1) is 7.57. The van der Waals surface area contributed by atoms with Crippen LogP contribution in [0, 0.1) is 5.41 Å². The molecule has 0 spiro atoms. The van der Waals surface area contributed by atoms with Crippen molar-refractivity contribution in [2.75, 3.05) is 0 Å². The molecule has 3 atom stereocenters. The van der Waals surface area contributed by atoms with Crippen LogP contribution in [0.5, 0.6) is 0 Å². The summed E-state index contributed by atoms with van der Waals surface area (Å²) in [7, 11) is 0. The minimum absolute atomic E-state index is 0.0983. The Bertz CT molecular complexity index is 227. The molecule has 0 saturated heterocycles. The highest BCUT2D eigenvalue weighted by Gasteiger charge is 2.31. The molecule has 2 rings (SSSR count). The van der Waals surface area contributed by atoms with Gasteiger partial charge in [-0.05, 0) is 37.5 Å². The van der Waals surface area contributed by atoms with E-state index in [9.17, 15) is 5.11 Å². The van der Waals surface area contributed by atoms with Crippen LogP contribution in [0.2, 0.25) is 0 Å². The van der Waals surface area contributed by atoms with E-state index < -0.39 is 0 Å².